The quantitative estimate of drug-likeness (QED) is 0.476. The summed E-state index contributed by atoms with van der Waals surface area (Å²) in [6.45, 7) is 0. The van der Waals surface area contributed by atoms with E-state index in [0.29, 0.717) is 10.4 Å². The molecule has 1 aromatic carbocycles. The summed E-state index contributed by atoms with van der Waals surface area (Å²) in [5, 5.41) is 19.5. The lowest BCUT2D eigenvalue weighted by Gasteiger charge is -2.06. The first-order valence-electron chi connectivity index (χ1n) is 5.01. The summed E-state index contributed by atoms with van der Waals surface area (Å²) < 4.78 is 7.89. The molecule has 0 aliphatic rings. The predicted molar refractivity (Wildman–Crippen MR) is 70.4 cm³/mol. The first-order valence-corrected chi connectivity index (χ1v) is 6.73. The first-order chi connectivity index (χ1) is 9.00. The number of nitrogens with zero attached hydrogens (tertiary/aromatic N) is 3. The molecule has 8 nitrogen and oxygen atoms in total. The maximum absolute atomic E-state index is 10.8. The van der Waals surface area contributed by atoms with Crippen molar-refractivity contribution in [2.45, 2.75) is 10.9 Å². The summed E-state index contributed by atoms with van der Waals surface area (Å²) in [6, 6.07) is 1.86. The van der Waals surface area contributed by atoms with Gasteiger partial charge in [0.05, 0.1) is 16.7 Å². The van der Waals surface area contributed by atoms with Crippen molar-refractivity contribution < 1.29 is 14.8 Å². The smallest absolute Gasteiger partial charge is 0.321 e. The third-order valence-electron chi connectivity index (χ3n) is 2.29. The second-order valence-electron chi connectivity index (χ2n) is 3.56. The van der Waals surface area contributed by atoms with Crippen molar-refractivity contribution in [1.82, 2.24) is 8.75 Å². The van der Waals surface area contributed by atoms with Crippen LogP contribution in [-0.4, -0.2) is 36.5 Å². The molecule has 0 spiro atoms. The Hall–Kier alpha value is -1.78. The highest BCUT2D eigenvalue weighted by atomic mass is 32.2. The minimum Gasteiger partial charge on any atom is -0.480 e. The number of aromatic nitrogens is 2. The molecule has 19 heavy (non-hydrogen) atoms. The number of fused-ring (bicyclic) bond motifs is 1. The number of nitrogens with two attached hydrogens (primary N) is 1. The Kier molecular flexibility index (Phi) is 3.93. The normalized spacial score (nSPS) is 12.5. The molecule has 10 heteroatoms. The van der Waals surface area contributed by atoms with Crippen molar-refractivity contribution >= 4 is 46.2 Å². The van der Waals surface area contributed by atoms with Crippen molar-refractivity contribution in [3.8, 4) is 0 Å². The average Bonchev–Trinajstić information content (AvgIpc) is 2.83. The maximum atomic E-state index is 10.8. The lowest BCUT2D eigenvalue weighted by Crippen LogP contribution is -2.32. The highest BCUT2D eigenvalue weighted by Crippen LogP contribution is 2.32. The van der Waals surface area contributed by atoms with Crippen LogP contribution in [0.4, 0.5) is 5.69 Å². The number of hydrogen-bond donors (Lipinski definition) is 2. The second kappa shape index (κ2) is 5.47. The summed E-state index contributed by atoms with van der Waals surface area (Å²) in [5.74, 6) is -0.943. The Morgan fingerprint density at radius 3 is 2.84 bits per heavy atom. The molecule has 1 unspecified atom stereocenters. The van der Waals surface area contributed by atoms with Crippen LogP contribution in [0.25, 0.3) is 11.0 Å². The molecule has 0 fully saturated rings. The van der Waals surface area contributed by atoms with Crippen LogP contribution in [0, 0.1) is 10.1 Å². The van der Waals surface area contributed by atoms with Gasteiger partial charge in [0.25, 0.3) is 5.69 Å². The Morgan fingerprint density at radius 1 is 1.53 bits per heavy atom. The van der Waals surface area contributed by atoms with E-state index in [4.69, 9.17) is 10.8 Å². The number of carboxylic acid groups (broad SMARTS) is 1. The zero-order chi connectivity index (χ0) is 14.0. The second-order valence-corrected chi connectivity index (χ2v) is 5.15. The summed E-state index contributed by atoms with van der Waals surface area (Å²) in [5.41, 5.74) is 5.90. The number of carboxylic acids is 1. The zero-order valence-electron chi connectivity index (χ0n) is 9.35. The van der Waals surface area contributed by atoms with E-state index in [1.807, 2.05) is 0 Å². The van der Waals surface area contributed by atoms with Crippen molar-refractivity contribution in [1.29, 1.82) is 0 Å². The molecule has 0 aliphatic heterocycles. The topological polar surface area (TPSA) is 132 Å². The molecule has 0 saturated carbocycles. The SMILES string of the molecule is NC(CSc1ccc([N+](=O)[O-])c2nsnc12)C(=O)O. The van der Waals surface area contributed by atoms with Gasteiger partial charge in [0.2, 0.25) is 0 Å². The number of carbonyl (C=O) groups is 1. The minimum atomic E-state index is -1.10. The Morgan fingerprint density at radius 2 is 2.21 bits per heavy atom. The van der Waals surface area contributed by atoms with Crippen LogP contribution >= 0.6 is 23.5 Å². The monoisotopic (exact) mass is 300 g/mol. The van der Waals surface area contributed by atoms with Gasteiger partial charge in [-0.3, -0.25) is 14.9 Å². The van der Waals surface area contributed by atoms with Gasteiger partial charge in [-0.15, -0.1) is 11.8 Å². The summed E-state index contributed by atoms with van der Waals surface area (Å²) >= 11 is 2.06. The Balaban J connectivity index is 2.30. The van der Waals surface area contributed by atoms with Crippen LogP contribution in [0.2, 0.25) is 0 Å². The fourth-order valence-corrected chi connectivity index (χ4v) is 2.92. The lowest BCUT2D eigenvalue weighted by atomic mass is 10.3. The van der Waals surface area contributed by atoms with Gasteiger partial charge in [-0.2, -0.15) is 8.75 Å². The van der Waals surface area contributed by atoms with E-state index in [-0.39, 0.29) is 17.0 Å². The molecule has 0 radical (unpaired) electrons. The van der Waals surface area contributed by atoms with Gasteiger partial charge in [0.1, 0.15) is 11.6 Å². The van der Waals surface area contributed by atoms with Crippen molar-refractivity contribution in [2.24, 2.45) is 5.73 Å². The number of nitro groups is 1. The summed E-state index contributed by atoms with van der Waals surface area (Å²) in [7, 11) is 0. The van der Waals surface area contributed by atoms with Crippen molar-refractivity contribution in [2.75, 3.05) is 5.75 Å². The van der Waals surface area contributed by atoms with Crippen LogP contribution in [0.15, 0.2) is 17.0 Å². The van der Waals surface area contributed by atoms with Gasteiger partial charge < -0.3 is 10.8 Å². The standard InChI is InChI=1S/C9H8N4O4S2/c10-4(9(14)15)3-18-6-2-1-5(13(16)17)7-8(6)12-19-11-7/h1-2,4H,3,10H2,(H,14,15). The van der Waals surface area contributed by atoms with Gasteiger partial charge in [0, 0.05) is 16.7 Å². The molecule has 1 aromatic heterocycles. The van der Waals surface area contributed by atoms with Gasteiger partial charge in [-0.05, 0) is 6.07 Å². The molecule has 0 aliphatic carbocycles. The van der Waals surface area contributed by atoms with E-state index in [2.05, 4.69) is 8.75 Å². The number of aliphatic carboxylic acids is 1. The lowest BCUT2D eigenvalue weighted by molar-refractivity contribution is -0.383. The third-order valence-corrected chi connectivity index (χ3v) is 3.98. The molecular weight excluding hydrogens is 292 g/mol. The minimum absolute atomic E-state index is 0.115. The highest BCUT2D eigenvalue weighted by molar-refractivity contribution is 7.99. The number of hydrogen-bond acceptors (Lipinski definition) is 8. The summed E-state index contributed by atoms with van der Waals surface area (Å²) in [4.78, 5) is 21.5. The van der Waals surface area contributed by atoms with Crippen LogP contribution in [0.1, 0.15) is 0 Å². The van der Waals surface area contributed by atoms with E-state index < -0.39 is 16.9 Å². The van der Waals surface area contributed by atoms with Crippen molar-refractivity contribution in [3.63, 3.8) is 0 Å². The van der Waals surface area contributed by atoms with Crippen LogP contribution in [0.3, 0.4) is 0 Å². The molecule has 3 N–H and O–H groups in total. The van der Waals surface area contributed by atoms with E-state index >= 15 is 0 Å². The molecule has 1 heterocycles. The largest absolute Gasteiger partial charge is 0.480 e. The van der Waals surface area contributed by atoms with Crippen molar-refractivity contribution in [3.05, 3.63) is 22.2 Å². The maximum Gasteiger partial charge on any atom is 0.321 e. The summed E-state index contributed by atoms with van der Waals surface area (Å²) in [6.07, 6.45) is 0. The number of benzene rings is 1. The molecule has 100 valence electrons. The number of thioether (sulfide) groups is 1. The van der Waals surface area contributed by atoms with E-state index in [1.165, 1.54) is 23.9 Å². The van der Waals surface area contributed by atoms with E-state index in [9.17, 15) is 14.9 Å². The van der Waals surface area contributed by atoms with Crippen LogP contribution in [-0.2, 0) is 4.79 Å². The molecule has 1 atom stereocenters. The molecule has 2 rings (SSSR count). The fraction of sp³-hybridized carbons (Fsp3) is 0.222. The van der Waals surface area contributed by atoms with Gasteiger partial charge in [-0.1, -0.05) is 0 Å². The van der Waals surface area contributed by atoms with Crippen LogP contribution in [0.5, 0.6) is 0 Å². The number of non-ortho nitro benzene ring substituents is 1. The number of rotatable bonds is 5. The molecule has 0 bridgehead atoms. The fourth-order valence-electron chi connectivity index (χ4n) is 1.35. The van der Waals surface area contributed by atoms with E-state index in [0.717, 1.165) is 11.7 Å². The number of nitro benzene ring substituents is 1. The van der Waals surface area contributed by atoms with Gasteiger partial charge in [0.15, 0.2) is 5.52 Å². The highest BCUT2D eigenvalue weighted by Gasteiger charge is 2.19. The zero-order valence-corrected chi connectivity index (χ0v) is 11.0. The van der Waals surface area contributed by atoms with Gasteiger partial charge in [-0.25, -0.2) is 0 Å². The average molecular weight is 300 g/mol. The molecule has 0 amide bonds. The molecular formula is C9H8N4O4S2. The third kappa shape index (κ3) is 2.80. The Bertz CT molecular complexity index is 644. The predicted octanol–water partition coefficient (Wildman–Crippen LogP) is 1.10. The molecule has 2 aromatic rings. The Labute approximate surface area is 115 Å². The van der Waals surface area contributed by atoms with Gasteiger partial charge >= 0.3 is 5.97 Å². The van der Waals surface area contributed by atoms with Crippen LogP contribution < -0.4 is 5.73 Å². The molecule has 0 saturated heterocycles. The first kappa shape index (κ1) is 13.6. The van der Waals surface area contributed by atoms with E-state index in [1.54, 1.807) is 0 Å².